The molecule has 0 spiro atoms. The van der Waals surface area contributed by atoms with Crippen LogP contribution < -0.4 is 6.54 Å². The summed E-state index contributed by atoms with van der Waals surface area (Å²) >= 11 is -6.44. The van der Waals surface area contributed by atoms with Crippen LogP contribution in [0.25, 0.3) is 5.57 Å². The van der Waals surface area contributed by atoms with Crippen molar-refractivity contribution in [1.29, 1.82) is 0 Å². The van der Waals surface area contributed by atoms with Crippen LogP contribution in [-0.4, -0.2) is 4.21 Å². The van der Waals surface area contributed by atoms with E-state index in [4.69, 9.17) is 4.21 Å². The predicted molar refractivity (Wildman–Crippen MR) is 279 cm³/mol. The van der Waals surface area contributed by atoms with Gasteiger partial charge in [-0.15, -0.1) is 24.8 Å². The average Bonchev–Trinajstić information content (AvgIpc) is 4.03. The third-order valence-corrected chi connectivity index (χ3v) is 49.4. The van der Waals surface area contributed by atoms with E-state index in [1.165, 1.54) is 35.2 Å². The molecule has 3 unspecified atom stereocenters. The van der Waals surface area contributed by atoms with Gasteiger partial charge >= 0.3 is 371 Å². The second-order valence-corrected chi connectivity index (χ2v) is 43.6. The molecule has 0 aromatic heterocycles. The molecule has 0 amide bonds. The summed E-state index contributed by atoms with van der Waals surface area (Å²) in [6, 6.07) is 30.0. The van der Waals surface area contributed by atoms with Crippen LogP contribution in [0.1, 0.15) is 145 Å². The molecule has 3 heteroatoms. The first-order valence-corrected chi connectivity index (χ1v) is 31.6. The molecular weight excluding hydrogens is 883 g/mol. The molecule has 3 atom stereocenters. The molecular formula is C60H77Cl2Zr. The van der Waals surface area contributed by atoms with Crippen molar-refractivity contribution in [2.45, 2.75) is 143 Å². The zero-order valence-corrected chi connectivity index (χ0v) is 45.3. The molecule has 6 aliphatic carbocycles. The average molecular weight is 960 g/mol. The zero-order valence-electron chi connectivity index (χ0n) is 41.2. The van der Waals surface area contributed by atoms with Crippen molar-refractivity contribution in [3.8, 4) is 0 Å². The molecule has 1 saturated carbocycles. The molecule has 335 valence electrons. The topological polar surface area (TPSA) is 0 Å². The number of benzene rings is 3. The Morgan fingerprint density at radius 1 is 0.603 bits per heavy atom. The van der Waals surface area contributed by atoms with Crippen molar-refractivity contribution in [3.05, 3.63) is 167 Å². The fraction of sp³-hybridized carbons (Fsp3) is 0.450. The minimum absolute atomic E-state index is 0. The number of hydrogen-bond donors (Lipinski definition) is 0. The predicted octanol–water partition coefficient (Wildman–Crippen LogP) is 16.0. The summed E-state index contributed by atoms with van der Waals surface area (Å²) in [4.78, 5) is 0. The van der Waals surface area contributed by atoms with Gasteiger partial charge in [0.1, 0.15) is 0 Å². The van der Waals surface area contributed by atoms with E-state index < -0.39 is 19.9 Å². The van der Waals surface area contributed by atoms with Gasteiger partial charge in [0.25, 0.3) is 0 Å². The summed E-state index contributed by atoms with van der Waals surface area (Å²) in [7, 11) is 0. The van der Waals surface area contributed by atoms with Crippen LogP contribution in [0.15, 0.2) is 145 Å². The van der Waals surface area contributed by atoms with Gasteiger partial charge in [0.05, 0.1) is 0 Å². The van der Waals surface area contributed by atoms with Crippen molar-refractivity contribution in [2.75, 3.05) is 0 Å². The third-order valence-electron chi connectivity index (χ3n) is 20.9. The second-order valence-electron chi connectivity index (χ2n) is 24.7. The van der Waals surface area contributed by atoms with E-state index in [1.807, 2.05) is 0 Å². The molecule has 9 rings (SSSR count). The summed E-state index contributed by atoms with van der Waals surface area (Å²) in [5.41, 5.74) is 11.5. The first-order valence-electron chi connectivity index (χ1n) is 23.7. The number of rotatable bonds is 5. The first kappa shape index (κ1) is 48.1. The molecule has 0 heterocycles. The molecule has 0 aliphatic heterocycles. The maximum absolute atomic E-state index is 6.64. The molecule has 0 N–H and O–H groups in total. The second kappa shape index (κ2) is 14.3. The molecule has 0 saturated heterocycles. The van der Waals surface area contributed by atoms with Gasteiger partial charge in [-0.2, -0.15) is 0 Å². The SMILES string of the molecule is Cl.Cl.[CH2]=[Zr]([C]1=CC=CC1)([C]1=CC=CC1)([c]1ccc(C(C)(C)C)cc1)([c]1ccc(C(C)(C)C)cc1)[C]1(C)C2=C3Cc4ccccc4C3=C3C=CCCC3C2(C)C(C)(C)C(C)(C)C1(C)C. The Morgan fingerprint density at radius 3 is 1.56 bits per heavy atom. The van der Waals surface area contributed by atoms with Gasteiger partial charge in [0, 0.05) is 0 Å². The van der Waals surface area contributed by atoms with Crippen molar-refractivity contribution >= 4 is 41.1 Å². The number of hydrogen-bond acceptors (Lipinski definition) is 0. The van der Waals surface area contributed by atoms with Gasteiger partial charge in [-0.25, -0.2) is 0 Å². The van der Waals surface area contributed by atoms with Gasteiger partial charge in [0.15, 0.2) is 0 Å². The van der Waals surface area contributed by atoms with E-state index in [9.17, 15) is 0 Å². The van der Waals surface area contributed by atoms with E-state index in [0.717, 1.165) is 25.7 Å². The molecule has 0 radical (unpaired) electrons. The van der Waals surface area contributed by atoms with Crippen LogP contribution in [0.2, 0.25) is 3.12 Å². The molecule has 6 aliphatic rings. The quantitative estimate of drug-likeness (QED) is 0.239. The van der Waals surface area contributed by atoms with Crippen LogP contribution in [0.5, 0.6) is 0 Å². The van der Waals surface area contributed by atoms with Gasteiger partial charge in [-0.3, -0.25) is 0 Å². The standard InChI is InChI=1S/C29H37.2C10H13.2C5H5.CH2.2ClH.Zr/c1-18-25-22-17-19-13-9-10-14-20(19)24(22)21-15-11-12-16-23(21)29(25,8)28(6,7)27(4,5)26(18,2)3;2*1-10(2,3)9-7-5-4-6-8-9;2*1-2-4-5-3-1;;;;/h9-11,13-15,23H,12,16-17H2,1-8H3;2*5-8H,1-3H3;2*1-3H,4H2;1H2;2*1H;. The Labute approximate surface area is 392 Å². The summed E-state index contributed by atoms with van der Waals surface area (Å²) in [5, 5.41) is 0. The number of halogens is 2. The zero-order chi connectivity index (χ0) is 44.1. The number of fused-ring (bicyclic) bond motifs is 6. The van der Waals surface area contributed by atoms with Gasteiger partial charge in [-0.1, -0.05) is 0 Å². The minimum atomic E-state index is -6.44. The molecule has 1 fully saturated rings. The Hall–Kier alpha value is -2.83. The summed E-state index contributed by atoms with van der Waals surface area (Å²) in [6.45, 7) is 36.0. The Balaban J connectivity index is 0.00000298. The van der Waals surface area contributed by atoms with Gasteiger partial charge < -0.3 is 0 Å². The van der Waals surface area contributed by atoms with Crippen molar-refractivity contribution in [3.63, 3.8) is 0 Å². The van der Waals surface area contributed by atoms with Crippen LogP contribution in [-0.2, 0) is 34.1 Å². The molecule has 0 nitrogen and oxygen atoms in total. The van der Waals surface area contributed by atoms with Crippen molar-refractivity contribution in [1.82, 2.24) is 0 Å². The maximum atomic E-state index is 6.64. The first-order chi connectivity index (χ1) is 28.3. The van der Waals surface area contributed by atoms with E-state index in [1.54, 1.807) is 28.9 Å². The Bertz CT molecular complexity index is 2620. The monoisotopic (exact) mass is 957 g/mol. The van der Waals surface area contributed by atoms with E-state index in [-0.39, 0.29) is 57.3 Å². The van der Waals surface area contributed by atoms with Gasteiger partial charge in [0.2, 0.25) is 0 Å². The summed E-state index contributed by atoms with van der Waals surface area (Å²) in [5.74, 6) is 0.378. The van der Waals surface area contributed by atoms with Crippen molar-refractivity contribution < 1.29 is 16.8 Å². The molecule has 3 aromatic rings. The fourth-order valence-electron chi connectivity index (χ4n) is 16.2. The summed E-state index contributed by atoms with van der Waals surface area (Å²) in [6.07, 6.45) is 25.1. The normalized spacial score (nSPS) is 27.5. The van der Waals surface area contributed by atoms with Crippen LogP contribution in [0.4, 0.5) is 0 Å². The van der Waals surface area contributed by atoms with Gasteiger partial charge in [-0.05, 0) is 0 Å². The van der Waals surface area contributed by atoms with E-state index >= 15 is 0 Å². The fourth-order valence-corrected chi connectivity index (χ4v) is 46.5. The van der Waals surface area contributed by atoms with Crippen LogP contribution >= 0.6 is 24.8 Å². The molecule has 3 aromatic carbocycles. The molecule has 0 bridgehead atoms. The third kappa shape index (κ3) is 5.13. The van der Waals surface area contributed by atoms with Crippen LogP contribution in [0.3, 0.4) is 0 Å². The number of allylic oxidation sites excluding steroid dienone is 14. The van der Waals surface area contributed by atoms with E-state index in [0.29, 0.717) is 5.92 Å². The van der Waals surface area contributed by atoms with E-state index in [2.05, 4.69) is 218 Å². The molecule has 63 heavy (non-hydrogen) atoms. The van der Waals surface area contributed by atoms with Crippen LogP contribution in [0, 0.1) is 27.6 Å². The Morgan fingerprint density at radius 2 is 1.10 bits per heavy atom. The summed E-state index contributed by atoms with van der Waals surface area (Å²) < 4.78 is 12.3. The Kier molecular flexibility index (Phi) is 11.0. The van der Waals surface area contributed by atoms with Crippen molar-refractivity contribution in [2.24, 2.45) is 27.6 Å².